The molecule has 0 aliphatic carbocycles. The Bertz CT molecular complexity index is 313. The van der Waals surface area contributed by atoms with Crippen LogP contribution in [0, 0.1) is 0 Å². The highest BCUT2D eigenvalue weighted by atomic mass is 32.2. The van der Waals surface area contributed by atoms with Gasteiger partial charge in [-0.25, -0.2) is 0 Å². The summed E-state index contributed by atoms with van der Waals surface area (Å²) in [7, 11) is -3.90. The predicted octanol–water partition coefficient (Wildman–Crippen LogP) is 1.01. The molecule has 4 nitrogen and oxygen atoms in total. The van der Waals surface area contributed by atoms with Gasteiger partial charge in [-0.2, -0.15) is 8.42 Å². The molecule has 6 heteroatoms. The summed E-state index contributed by atoms with van der Waals surface area (Å²) in [6.45, 7) is -0.0145. The Kier molecular flexibility index (Phi) is 3.07. The minimum Gasteiger partial charge on any atom is -0.483 e. The number of thiophene rings is 1. The summed E-state index contributed by atoms with van der Waals surface area (Å²) >= 11 is 1.37. The Morgan fingerprint density at radius 1 is 1.58 bits per heavy atom. The minimum absolute atomic E-state index is 0.0145. The van der Waals surface area contributed by atoms with Gasteiger partial charge in [-0.1, -0.05) is 0 Å². The van der Waals surface area contributed by atoms with E-state index >= 15 is 0 Å². The molecular weight excluding hydrogens is 200 g/mol. The lowest BCUT2D eigenvalue weighted by Crippen LogP contribution is -2.11. The van der Waals surface area contributed by atoms with E-state index in [0.717, 1.165) is 0 Å². The Labute approximate surface area is 74.5 Å². The number of hydrogen-bond donors (Lipinski definition) is 1. The minimum atomic E-state index is -3.90. The molecule has 0 saturated heterocycles. The second kappa shape index (κ2) is 3.88. The van der Waals surface area contributed by atoms with Crippen LogP contribution in [0.25, 0.3) is 0 Å². The highest BCUT2D eigenvalue weighted by Crippen LogP contribution is 2.17. The molecule has 0 unspecified atom stereocenters. The summed E-state index contributed by atoms with van der Waals surface area (Å²) in [5.41, 5.74) is 0. The lowest BCUT2D eigenvalue weighted by Gasteiger charge is -1.99. The van der Waals surface area contributed by atoms with Crippen molar-refractivity contribution in [3.63, 3.8) is 0 Å². The van der Waals surface area contributed by atoms with Crippen LogP contribution in [0.2, 0.25) is 0 Å². The molecule has 0 aromatic carbocycles. The first-order valence-electron chi connectivity index (χ1n) is 3.19. The van der Waals surface area contributed by atoms with Crippen molar-refractivity contribution in [3.05, 3.63) is 17.5 Å². The molecule has 0 amide bonds. The maximum absolute atomic E-state index is 10.2. The summed E-state index contributed by atoms with van der Waals surface area (Å²) in [4.78, 5) is 0. The van der Waals surface area contributed by atoms with E-state index in [9.17, 15) is 8.42 Å². The van der Waals surface area contributed by atoms with Gasteiger partial charge in [0.1, 0.15) is 12.4 Å². The molecule has 0 atom stereocenters. The first-order valence-corrected chi connectivity index (χ1v) is 5.68. The first-order chi connectivity index (χ1) is 5.58. The topological polar surface area (TPSA) is 63.6 Å². The van der Waals surface area contributed by atoms with Gasteiger partial charge < -0.3 is 4.74 Å². The summed E-state index contributed by atoms with van der Waals surface area (Å²) in [6, 6.07) is 3.53. The van der Waals surface area contributed by atoms with E-state index in [0.29, 0.717) is 5.06 Å². The molecule has 0 radical (unpaired) electrons. The Morgan fingerprint density at radius 3 is 2.83 bits per heavy atom. The molecule has 0 aliphatic heterocycles. The molecule has 0 saturated carbocycles. The maximum Gasteiger partial charge on any atom is 0.268 e. The van der Waals surface area contributed by atoms with Crippen LogP contribution in [0.1, 0.15) is 0 Å². The van der Waals surface area contributed by atoms with Gasteiger partial charge in [-0.05, 0) is 17.5 Å². The highest BCUT2D eigenvalue weighted by molar-refractivity contribution is 7.85. The van der Waals surface area contributed by atoms with Crippen molar-refractivity contribution in [2.45, 2.75) is 0 Å². The Hall–Kier alpha value is -0.590. The molecule has 12 heavy (non-hydrogen) atoms. The van der Waals surface area contributed by atoms with E-state index in [2.05, 4.69) is 0 Å². The van der Waals surface area contributed by atoms with Crippen LogP contribution >= 0.6 is 11.3 Å². The van der Waals surface area contributed by atoms with Crippen molar-refractivity contribution in [2.24, 2.45) is 0 Å². The van der Waals surface area contributed by atoms with Gasteiger partial charge in [0.2, 0.25) is 0 Å². The highest BCUT2D eigenvalue weighted by Gasteiger charge is 2.04. The van der Waals surface area contributed by atoms with Gasteiger partial charge in [-0.15, -0.1) is 11.3 Å². The van der Waals surface area contributed by atoms with Gasteiger partial charge in [-0.3, -0.25) is 4.55 Å². The van der Waals surface area contributed by atoms with Crippen LogP contribution in [0.4, 0.5) is 0 Å². The third-order valence-electron chi connectivity index (χ3n) is 1.08. The second-order valence-electron chi connectivity index (χ2n) is 2.07. The van der Waals surface area contributed by atoms with Crippen LogP contribution in [-0.2, 0) is 10.1 Å². The lowest BCUT2D eigenvalue weighted by molar-refractivity contribution is 0.345. The molecule has 68 valence electrons. The van der Waals surface area contributed by atoms with Crippen LogP contribution in [0.15, 0.2) is 17.5 Å². The van der Waals surface area contributed by atoms with Crippen LogP contribution in [0.3, 0.4) is 0 Å². The van der Waals surface area contributed by atoms with E-state index in [4.69, 9.17) is 9.29 Å². The van der Waals surface area contributed by atoms with Crippen LogP contribution in [-0.4, -0.2) is 25.3 Å². The molecule has 1 rings (SSSR count). The molecular formula is C6H8O4S2. The summed E-state index contributed by atoms with van der Waals surface area (Å²) in [6.07, 6.45) is 0. The van der Waals surface area contributed by atoms with Gasteiger partial charge in [0.15, 0.2) is 5.06 Å². The van der Waals surface area contributed by atoms with Crippen molar-refractivity contribution in [3.8, 4) is 5.06 Å². The maximum atomic E-state index is 10.2. The van der Waals surface area contributed by atoms with E-state index in [1.54, 1.807) is 12.1 Å². The van der Waals surface area contributed by atoms with E-state index < -0.39 is 10.1 Å². The van der Waals surface area contributed by atoms with Gasteiger partial charge >= 0.3 is 0 Å². The zero-order chi connectivity index (χ0) is 9.03. The average Bonchev–Trinajstić information content (AvgIpc) is 2.36. The molecule has 1 aromatic heterocycles. The molecule has 0 bridgehead atoms. The van der Waals surface area contributed by atoms with Crippen LogP contribution in [0.5, 0.6) is 5.06 Å². The second-order valence-corrected chi connectivity index (χ2v) is 4.55. The van der Waals surface area contributed by atoms with E-state index in [1.807, 2.05) is 5.38 Å². The number of hydrogen-bond acceptors (Lipinski definition) is 4. The molecule has 1 heterocycles. The largest absolute Gasteiger partial charge is 0.483 e. The number of ether oxygens (including phenoxy) is 1. The number of rotatable bonds is 4. The summed E-state index contributed by atoms with van der Waals surface area (Å²) in [5.74, 6) is -0.370. The average molecular weight is 208 g/mol. The smallest absolute Gasteiger partial charge is 0.268 e. The monoisotopic (exact) mass is 208 g/mol. The summed E-state index contributed by atoms with van der Waals surface area (Å²) in [5, 5.41) is 2.47. The van der Waals surface area contributed by atoms with Crippen molar-refractivity contribution in [1.29, 1.82) is 0 Å². The SMILES string of the molecule is O=S(=O)(O)CCOc1cccs1. The molecule has 0 aliphatic rings. The van der Waals surface area contributed by atoms with Crippen molar-refractivity contribution < 1.29 is 17.7 Å². The van der Waals surface area contributed by atoms with Gasteiger partial charge in [0, 0.05) is 0 Å². The van der Waals surface area contributed by atoms with Crippen molar-refractivity contribution >= 4 is 21.5 Å². The Balaban J connectivity index is 2.29. The normalized spacial score (nSPS) is 11.4. The third kappa shape index (κ3) is 3.70. The summed E-state index contributed by atoms with van der Waals surface area (Å²) < 4.78 is 33.8. The van der Waals surface area contributed by atoms with Crippen molar-refractivity contribution in [1.82, 2.24) is 0 Å². The quantitative estimate of drug-likeness (QED) is 0.750. The molecule has 1 aromatic rings. The molecule has 0 spiro atoms. The van der Waals surface area contributed by atoms with E-state index in [-0.39, 0.29) is 12.4 Å². The molecule has 0 fully saturated rings. The standard InChI is InChI=1S/C6H8O4S2/c7-12(8,9)5-3-10-6-2-1-4-11-6/h1-2,4H,3,5H2,(H,7,8,9). The lowest BCUT2D eigenvalue weighted by atomic mass is 10.6. The fourth-order valence-corrected chi connectivity index (χ4v) is 1.49. The zero-order valence-corrected chi connectivity index (χ0v) is 7.77. The first kappa shape index (κ1) is 9.50. The zero-order valence-electron chi connectivity index (χ0n) is 6.13. The fraction of sp³-hybridized carbons (Fsp3) is 0.333. The fourth-order valence-electron chi connectivity index (χ4n) is 0.593. The van der Waals surface area contributed by atoms with E-state index in [1.165, 1.54) is 11.3 Å². The van der Waals surface area contributed by atoms with Gasteiger partial charge in [0.05, 0.1) is 0 Å². The van der Waals surface area contributed by atoms with Crippen molar-refractivity contribution in [2.75, 3.05) is 12.4 Å². The molecule has 1 N–H and O–H groups in total. The Morgan fingerprint density at radius 2 is 2.33 bits per heavy atom. The van der Waals surface area contributed by atoms with Crippen LogP contribution < -0.4 is 4.74 Å². The third-order valence-corrected chi connectivity index (χ3v) is 2.54. The van der Waals surface area contributed by atoms with Gasteiger partial charge in [0.25, 0.3) is 10.1 Å². The predicted molar refractivity (Wildman–Crippen MR) is 46.2 cm³/mol.